The van der Waals surface area contributed by atoms with Crippen LogP contribution in [-0.4, -0.2) is 52.4 Å². The van der Waals surface area contributed by atoms with Crippen molar-refractivity contribution in [2.75, 3.05) is 6.61 Å². The molecule has 0 spiro atoms. The van der Waals surface area contributed by atoms with E-state index in [4.69, 9.17) is 9.47 Å². The molecule has 0 aromatic carbocycles. The second-order valence-electron chi connectivity index (χ2n) is 13.7. The summed E-state index contributed by atoms with van der Waals surface area (Å²) in [5.41, 5.74) is -1.38. The van der Waals surface area contributed by atoms with E-state index in [9.17, 15) is 24.6 Å². The summed E-state index contributed by atoms with van der Waals surface area (Å²) in [5, 5.41) is 23.2. The average Bonchev–Trinajstić information content (AvgIpc) is 3.19. The fraction of sp³-hybridized carbons (Fsp3) is 0.781. The van der Waals surface area contributed by atoms with Crippen molar-refractivity contribution in [2.45, 2.75) is 110 Å². The molecule has 2 unspecified atom stereocenters. The largest absolute Gasteiger partial charge is 0.457 e. The number of fused-ring (bicyclic) bond motifs is 5. The Kier molecular flexibility index (Phi) is 7.75. The van der Waals surface area contributed by atoms with Gasteiger partial charge in [0.15, 0.2) is 18.7 Å². The summed E-state index contributed by atoms with van der Waals surface area (Å²) in [5.74, 6) is -0.957. The molecule has 8 atom stereocenters. The number of esters is 1. The van der Waals surface area contributed by atoms with E-state index in [2.05, 4.69) is 6.92 Å². The van der Waals surface area contributed by atoms with Crippen molar-refractivity contribution in [1.82, 2.24) is 0 Å². The summed E-state index contributed by atoms with van der Waals surface area (Å²) in [4.78, 5) is 38.5. The Labute approximate surface area is 232 Å². The molecule has 0 aromatic heterocycles. The van der Waals surface area contributed by atoms with Crippen molar-refractivity contribution in [1.29, 1.82) is 0 Å². The van der Waals surface area contributed by atoms with Crippen LogP contribution >= 0.6 is 0 Å². The quantitative estimate of drug-likeness (QED) is 0.355. The zero-order chi connectivity index (χ0) is 28.2. The minimum absolute atomic E-state index is 0.00240. The second-order valence-corrected chi connectivity index (χ2v) is 13.7. The Balaban J connectivity index is 1.48. The molecule has 2 N–H and O–H groups in total. The number of carbonyl (C=O) groups is 3. The fourth-order valence-electron chi connectivity index (χ4n) is 9.17. The van der Waals surface area contributed by atoms with Crippen molar-refractivity contribution in [3.63, 3.8) is 0 Å². The number of hydrogen-bond donors (Lipinski definition) is 2. The summed E-state index contributed by atoms with van der Waals surface area (Å²) in [6.45, 7) is 7.25. The molecule has 7 heteroatoms. The van der Waals surface area contributed by atoms with Crippen LogP contribution < -0.4 is 0 Å². The van der Waals surface area contributed by atoms with Gasteiger partial charge in [-0.2, -0.15) is 0 Å². The first-order valence-electron chi connectivity index (χ1n) is 15.1. The van der Waals surface area contributed by atoms with Gasteiger partial charge in [0.2, 0.25) is 5.78 Å². The molecule has 5 aliphatic carbocycles. The van der Waals surface area contributed by atoms with Gasteiger partial charge in [-0.15, -0.1) is 0 Å². The van der Waals surface area contributed by atoms with Crippen LogP contribution in [0.3, 0.4) is 0 Å². The van der Waals surface area contributed by atoms with Gasteiger partial charge in [-0.05, 0) is 68.9 Å². The molecule has 0 aromatic rings. The van der Waals surface area contributed by atoms with Crippen molar-refractivity contribution >= 4 is 17.5 Å². The Morgan fingerprint density at radius 3 is 2.51 bits per heavy atom. The molecule has 7 nitrogen and oxygen atoms in total. The van der Waals surface area contributed by atoms with Crippen LogP contribution in [0.2, 0.25) is 0 Å². The molecular weight excluding hydrogens is 496 g/mol. The standard InChI is InChI=1S/C32H46O7/c1-19(2)28(36)38-18-26(35)32(39-29(37)20-8-6-5-7-9-20)15-13-24-23-11-10-21-16-22(33)12-14-30(21,3)27(23)25(34)17-31(24,32)4/h12,14,16,19-20,23-25,27,29,34,37H,5-11,13,15,17-18H2,1-4H3/t23-,24?,25-,27+,29?,30-,31-,32-/m0/s1. The molecule has 216 valence electrons. The Hall–Kier alpha value is -1.83. The van der Waals surface area contributed by atoms with Crippen molar-refractivity contribution in [3.8, 4) is 0 Å². The van der Waals surface area contributed by atoms with Crippen LogP contribution in [0.1, 0.15) is 91.9 Å². The highest BCUT2D eigenvalue weighted by atomic mass is 16.6. The van der Waals surface area contributed by atoms with E-state index in [1.165, 1.54) is 0 Å². The van der Waals surface area contributed by atoms with Gasteiger partial charge in [-0.3, -0.25) is 14.4 Å². The van der Waals surface area contributed by atoms with Crippen molar-refractivity contribution < 1.29 is 34.1 Å². The van der Waals surface area contributed by atoms with E-state index in [1.807, 2.05) is 13.0 Å². The Morgan fingerprint density at radius 2 is 1.82 bits per heavy atom. The number of ether oxygens (including phenoxy) is 2. The molecule has 4 saturated carbocycles. The number of carbonyl (C=O) groups excluding carboxylic acids is 3. The summed E-state index contributed by atoms with van der Waals surface area (Å²) in [6, 6.07) is 0. The van der Waals surface area contributed by atoms with E-state index < -0.39 is 41.4 Å². The van der Waals surface area contributed by atoms with Gasteiger partial charge in [0.05, 0.1) is 12.0 Å². The highest BCUT2D eigenvalue weighted by Gasteiger charge is 2.69. The maximum Gasteiger partial charge on any atom is 0.308 e. The zero-order valence-corrected chi connectivity index (χ0v) is 24.0. The predicted molar refractivity (Wildman–Crippen MR) is 145 cm³/mol. The first-order chi connectivity index (χ1) is 18.4. The van der Waals surface area contributed by atoms with E-state index >= 15 is 0 Å². The number of aliphatic hydroxyl groups is 2. The SMILES string of the molecule is CC(C)C(=O)OCC(=O)[C@@]1(OC(O)C2CCCCC2)CCC2[C@@H]3CCC4=CC(=O)C=C[C@]4(C)[C@H]3[C@@H](O)C[C@@]21C. The van der Waals surface area contributed by atoms with Gasteiger partial charge in [0, 0.05) is 22.7 Å². The van der Waals surface area contributed by atoms with Crippen LogP contribution in [0, 0.1) is 40.4 Å². The monoisotopic (exact) mass is 542 g/mol. The first kappa shape index (κ1) is 28.7. The maximum absolute atomic E-state index is 14.1. The Morgan fingerprint density at radius 1 is 1.10 bits per heavy atom. The number of allylic oxidation sites excluding steroid dienone is 4. The van der Waals surface area contributed by atoms with Crippen LogP contribution in [0.5, 0.6) is 0 Å². The van der Waals surface area contributed by atoms with Crippen molar-refractivity contribution in [3.05, 3.63) is 23.8 Å². The van der Waals surface area contributed by atoms with Gasteiger partial charge in [0.1, 0.15) is 5.60 Å². The predicted octanol–water partition coefficient (Wildman–Crippen LogP) is 4.69. The zero-order valence-electron chi connectivity index (χ0n) is 24.0. The minimum atomic E-state index is -1.34. The van der Waals surface area contributed by atoms with E-state index in [0.717, 1.165) is 56.9 Å². The molecular formula is C32H46O7. The first-order valence-corrected chi connectivity index (χ1v) is 15.1. The molecule has 0 saturated heterocycles. The van der Waals surface area contributed by atoms with Crippen LogP contribution in [0.4, 0.5) is 0 Å². The third kappa shape index (κ3) is 4.66. The summed E-state index contributed by atoms with van der Waals surface area (Å²) in [6.07, 6.45) is 11.6. The number of Topliss-reactive ketones (excluding diaryl/α,β-unsaturated/α-hetero) is 1. The molecule has 0 radical (unpaired) electrons. The number of hydrogen-bond acceptors (Lipinski definition) is 7. The number of ketones is 2. The smallest absolute Gasteiger partial charge is 0.308 e. The van der Waals surface area contributed by atoms with E-state index in [0.29, 0.717) is 12.8 Å². The molecule has 0 bridgehead atoms. The van der Waals surface area contributed by atoms with Gasteiger partial charge in [-0.1, -0.05) is 58.6 Å². The maximum atomic E-state index is 14.1. The number of rotatable bonds is 7. The molecule has 5 aliphatic rings. The Bertz CT molecular complexity index is 1050. The van der Waals surface area contributed by atoms with Crippen molar-refractivity contribution in [2.24, 2.45) is 40.4 Å². The van der Waals surface area contributed by atoms with Crippen LogP contribution in [-0.2, 0) is 23.9 Å². The summed E-state index contributed by atoms with van der Waals surface area (Å²) >= 11 is 0. The highest BCUT2D eigenvalue weighted by Crippen LogP contribution is 2.68. The molecule has 4 fully saturated rings. The minimum Gasteiger partial charge on any atom is -0.457 e. The molecule has 0 heterocycles. The normalized spacial score (nSPS) is 40.9. The molecule has 39 heavy (non-hydrogen) atoms. The highest BCUT2D eigenvalue weighted by molar-refractivity contribution is 6.01. The lowest BCUT2D eigenvalue weighted by atomic mass is 9.46. The summed E-state index contributed by atoms with van der Waals surface area (Å²) in [7, 11) is 0. The third-order valence-corrected chi connectivity index (χ3v) is 11.3. The molecule has 0 amide bonds. The van der Waals surface area contributed by atoms with E-state index in [-0.39, 0.29) is 41.2 Å². The van der Waals surface area contributed by atoms with E-state index in [1.54, 1.807) is 26.0 Å². The number of aliphatic hydroxyl groups excluding tert-OH is 2. The molecule has 5 rings (SSSR count). The summed E-state index contributed by atoms with van der Waals surface area (Å²) < 4.78 is 12.0. The lowest BCUT2D eigenvalue weighted by Gasteiger charge is -2.60. The van der Waals surface area contributed by atoms with Gasteiger partial charge < -0.3 is 19.7 Å². The van der Waals surface area contributed by atoms with Crippen LogP contribution in [0.25, 0.3) is 0 Å². The third-order valence-electron chi connectivity index (χ3n) is 11.3. The van der Waals surface area contributed by atoms with Gasteiger partial charge in [-0.25, -0.2) is 0 Å². The van der Waals surface area contributed by atoms with Crippen LogP contribution in [0.15, 0.2) is 23.8 Å². The lowest BCUT2D eigenvalue weighted by Crippen LogP contribution is -2.63. The van der Waals surface area contributed by atoms with Gasteiger partial charge in [0.25, 0.3) is 0 Å². The fourth-order valence-corrected chi connectivity index (χ4v) is 9.17. The average molecular weight is 543 g/mol. The van der Waals surface area contributed by atoms with Gasteiger partial charge >= 0.3 is 5.97 Å². The second kappa shape index (κ2) is 10.5. The lowest BCUT2D eigenvalue weighted by molar-refractivity contribution is -0.255. The molecule has 0 aliphatic heterocycles. The topological polar surface area (TPSA) is 110 Å².